The highest BCUT2D eigenvalue weighted by Crippen LogP contribution is 2.29. The van der Waals surface area contributed by atoms with Crippen molar-refractivity contribution in [2.24, 2.45) is 0 Å². The Kier molecular flexibility index (Phi) is 5.43. The van der Waals surface area contributed by atoms with Crippen LogP contribution in [-0.4, -0.2) is 17.8 Å². The smallest absolute Gasteiger partial charge is 0.0793 e. The van der Waals surface area contributed by atoms with E-state index in [2.05, 4.69) is 41.9 Å². The molecule has 1 N–H and O–H groups in total. The van der Waals surface area contributed by atoms with Gasteiger partial charge in [0, 0.05) is 11.1 Å². The predicted molar refractivity (Wildman–Crippen MR) is 81.4 cm³/mol. The molecule has 1 heterocycles. The molecule has 3 heteroatoms. The molecule has 2 atom stereocenters. The summed E-state index contributed by atoms with van der Waals surface area (Å²) in [6.45, 7) is 5.00. The quantitative estimate of drug-likeness (QED) is 0.885. The number of ether oxygens (including phenoxy) is 1. The average Bonchev–Trinajstić information content (AvgIpc) is 2.41. The normalized spacial score (nSPS) is 21.4. The van der Waals surface area contributed by atoms with Crippen LogP contribution in [0.1, 0.15) is 54.9 Å². The molecule has 106 valence electrons. The molecule has 0 saturated carbocycles. The first-order valence-corrected chi connectivity index (χ1v) is 7.93. The zero-order valence-corrected chi connectivity index (χ0v) is 13.4. The molecule has 0 bridgehead atoms. The molecule has 1 aliphatic heterocycles. The van der Waals surface area contributed by atoms with E-state index in [0.29, 0.717) is 6.10 Å². The lowest BCUT2D eigenvalue weighted by atomic mass is 9.95. The van der Waals surface area contributed by atoms with Crippen molar-refractivity contribution >= 4 is 15.9 Å². The molecule has 0 aliphatic carbocycles. The summed E-state index contributed by atoms with van der Waals surface area (Å²) in [5, 5.41) is 10.4. The van der Waals surface area contributed by atoms with Crippen molar-refractivity contribution < 1.29 is 9.84 Å². The number of rotatable bonds is 4. The van der Waals surface area contributed by atoms with E-state index in [-0.39, 0.29) is 6.10 Å². The van der Waals surface area contributed by atoms with Crippen molar-refractivity contribution in [3.8, 4) is 0 Å². The molecular formula is C16H23BrO2. The standard InChI is InChI=1S/C16H23BrO2/c1-11-10-15(17)12(2)9-14(11)16(18)7-6-13-5-3-4-8-19-13/h9-10,13,16,18H,3-8H2,1-2H3. The van der Waals surface area contributed by atoms with Gasteiger partial charge < -0.3 is 9.84 Å². The third kappa shape index (κ3) is 4.04. The summed E-state index contributed by atoms with van der Waals surface area (Å²) < 4.78 is 6.83. The zero-order chi connectivity index (χ0) is 13.8. The summed E-state index contributed by atoms with van der Waals surface area (Å²) in [6, 6.07) is 4.18. The Morgan fingerprint density at radius 1 is 1.32 bits per heavy atom. The molecule has 19 heavy (non-hydrogen) atoms. The minimum absolute atomic E-state index is 0.347. The minimum atomic E-state index is -0.377. The highest BCUT2D eigenvalue weighted by Gasteiger charge is 2.18. The summed E-state index contributed by atoms with van der Waals surface area (Å²) >= 11 is 3.53. The molecule has 1 aromatic rings. The lowest BCUT2D eigenvalue weighted by molar-refractivity contribution is 0.00208. The van der Waals surface area contributed by atoms with Crippen LogP contribution in [0.4, 0.5) is 0 Å². The number of benzene rings is 1. The van der Waals surface area contributed by atoms with Crippen molar-refractivity contribution in [3.63, 3.8) is 0 Å². The fourth-order valence-electron chi connectivity index (χ4n) is 2.70. The van der Waals surface area contributed by atoms with Gasteiger partial charge in [-0.15, -0.1) is 0 Å². The monoisotopic (exact) mass is 326 g/mol. The van der Waals surface area contributed by atoms with Crippen LogP contribution in [0.2, 0.25) is 0 Å². The van der Waals surface area contributed by atoms with E-state index in [1.807, 2.05) is 0 Å². The first kappa shape index (κ1) is 15.0. The lowest BCUT2D eigenvalue weighted by Crippen LogP contribution is -2.19. The second-order valence-corrected chi connectivity index (χ2v) is 6.39. The van der Waals surface area contributed by atoms with Gasteiger partial charge in [-0.3, -0.25) is 0 Å². The summed E-state index contributed by atoms with van der Waals surface area (Å²) in [5.74, 6) is 0. The van der Waals surface area contributed by atoms with Crippen molar-refractivity contribution in [1.82, 2.24) is 0 Å². The topological polar surface area (TPSA) is 29.5 Å². The molecule has 1 aromatic carbocycles. The predicted octanol–water partition coefficient (Wildman–Crippen LogP) is 4.45. The number of hydrogen-bond acceptors (Lipinski definition) is 2. The number of aliphatic hydroxyl groups is 1. The van der Waals surface area contributed by atoms with Gasteiger partial charge >= 0.3 is 0 Å². The first-order chi connectivity index (χ1) is 9.08. The molecule has 2 nitrogen and oxygen atoms in total. The van der Waals surface area contributed by atoms with Gasteiger partial charge in [-0.25, -0.2) is 0 Å². The van der Waals surface area contributed by atoms with Gasteiger partial charge in [0.05, 0.1) is 12.2 Å². The fraction of sp³-hybridized carbons (Fsp3) is 0.625. The zero-order valence-electron chi connectivity index (χ0n) is 11.8. The van der Waals surface area contributed by atoms with Gasteiger partial charge in [0.15, 0.2) is 0 Å². The van der Waals surface area contributed by atoms with E-state index in [4.69, 9.17) is 4.74 Å². The van der Waals surface area contributed by atoms with Crippen LogP contribution in [0.15, 0.2) is 16.6 Å². The van der Waals surface area contributed by atoms with Gasteiger partial charge in [-0.2, -0.15) is 0 Å². The maximum Gasteiger partial charge on any atom is 0.0793 e. The highest BCUT2D eigenvalue weighted by molar-refractivity contribution is 9.10. The molecule has 2 unspecified atom stereocenters. The Morgan fingerprint density at radius 2 is 2.11 bits per heavy atom. The van der Waals surface area contributed by atoms with Gasteiger partial charge in [-0.1, -0.05) is 22.0 Å². The highest BCUT2D eigenvalue weighted by atomic mass is 79.9. The Hall–Kier alpha value is -0.380. The molecule has 0 radical (unpaired) electrons. The van der Waals surface area contributed by atoms with Crippen molar-refractivity contribution in [1.29, 1.82) is 0 Å². The molecule has 0 amide bonds. The largest absolute Gasteiger partial charge is 0.388 e. The average molecular weight is 327 g/mol. The van der Waals surface area contributed by atoms with Crippen molar-refractivity contribution in [2.45, 2.75) is 58.2 Å². The summed E-state index contributed by atoms with van der Waals surface area (Å²) in [5.41, 5.74) is 3.37. The van der Waals surface area contributed by atoms with Crippen molar-refractivity contribution in [3.05, 3.63) is 33.3 Å². The van der Waals surface area contributed by atoms with Crippen LogP contribution in [0.3, 0.4) is 0 Å². The fourth-order valence-corrected chi connectivity index (χ4v) is 3.15. The molecule has 1 aliphatic rings. The Bertz CT molecular complexity index is 425. The van der Waals surface area contributed by atoms with Crippen LogP contribution >= 0.6 is 15.9 Å². The van der Waals surface area contributed by atoms with Gasteiger partial charge in [0.1, 0.15) is 0 Å². The molecule has 1 fully saturated rings. The molecule has 2 rings (SSSR count). The number of aliphatic hydroxyl groups excluding tert-OH is 1. The second kappa shape index (κ2) is 6.87. The van der Waals surface area contributed by atoms with E-state index in [1.165, 1.54) is 18.4 Å². The summed E-state index contributed by atoms with van der Waals surface area (Å²) in [6.07, 6.45) is 5.30. The van der Waals surface area contributed by atoms with E-state index in [9.17, 15) is 5.11 Å². The third-order valence-electron chi connectivity index (χ3n) is 3.94. The minimum Gasteiger partial charge on any atom is -0.388 e. The summed E-state index contributed by atoms with van der Waals surface area (Å²) in [7, 11) is 0. The van der Waals surface area contributed by atoms with Crippen LogP contribution in [0.5, 0.6) is 0 Å². The second-order valence-electron chi connectivity index (χ2n) is 5.54. The molecule has 0 aromatic heterocycles. The Balaban J connectivity index is 1.95. The number of halogens is 1. The van der Waals surface area contributed by atoms with E-state index < -0.39 is 0 Å². The van der Waals surface area contributed by atoms with Crippen LogP contribution < -0.4 is 0 Å². The maximum atomic E-state index is 10.4. The maximum absolute atomic E-state index is 10.4. The van der Waals surface area contributed by atoms with Gasteiger partial charge in [0.25, 0.3) is 0 Å². The SMILES string of the molecule is Cc1cc(C(O)CCC2CCCCO2)c(C)cc1Br. The van der Waals surface area contributed by atoms with Gasteiger partial charge in [-0.05, 0) is 68.7 Å². The van der Waals surface area contributed by atoms with E-state index in [1.54, 1.807) is 0 Å². The molecule has 0 spiro atoms. The summed E-state index contributed by atoms with van der Waals surface area (Å²) in [4.78, 5) is 0. The Labute approximate surface area is 124 Å². The van der Waals surface area contributed by atoms with E-state index >= 15 is 0 Å². The Morgan fingerprint density at radius 3 is 2.79 bits per heavy atom. The first-order valence-electron chi connectivity index (χ1n) is 7.14. The van der Waals surface area contributed by atoms with Crippen molar-refractivity contribution in [2.75, 3.05) is 6.61 Å². The van der Waals surface area contributed by atoms with Crippen LogP contribution in [-0.2, 0) is 4.74 Å². The third-order valence-corrected chi connectivity index (χ3v) is 4.80. The van der Waals surface area contributed by atoms with Gasteiger partial charge in [0.2, 0.25) is 0 Å². The van der Waals surface area contributed by atoms with Crippen LogP contribution in [0.25, 0.3) is 0 Å². The van der Waals surface area contributed by atoms with Crippen LogP contribution in [0, 0.1) is 13.8 Å². The lowest BCUT2D eigenvalue weighted by Gasteiger charge is -2.24. The molecule has 1 saturated heterocycles. The van der Waals surface area contributed by atoms with E-state index in [0.717, 1.165) is 41.5 Å². The number of hydrogen-bond donors (Lipinski definition) is 1. The molecular weight excluding hydrogens is 304 g/mol. The number of aryl methyl sites for hydroxylation is 2.